The first-order valence-corrected chi connectivity index (χ1v) is 7.57. The zero-order valence-corrected chi connectivity index (χ0v) is 13.8. The van der Waals surface area contributed by atoms with Crippen molar-refractivity contribution in [3.63, 3.8) is 0 Å². The summed E-state index contributed by atoms with van der Waals surface area (Å²) in [7, 11) is 0. The summed E-state index contributed by atoms with van der Waals surface area (Å²) >= 11 is 13.8. The van der Waals surface area contributed by atoms with Crippen molar-refractivity contribution in [1.82, 2.24) is 19.7 Å². The third kappa shape index (κ3) is 2.50. The van der Waals surface area contributed by atoms with E-state index < -0.39 is 0 Å². The number of hydrogen-bond acceptors (Lipinski definition) is 3. The van der Waals surface area contributed by atoms with Gasteiger partial charge in [0.15, 0.2) is 10.6 Å². The molecule has 0 aliphatic heterocycles. The van der Waals surface area contributed by atoms with E-state index in [0.29, 0.717) is 15.6 Å². The first-order valence-electron chi connectivity index (χ1n) is 5.71. The highest BCUT2D eigenvalue weighted by molar-refractivity contribution is 14.1. The number of aromatic nitrogens is 4. The predicted octanol–water partition coefficient (Wildman–Crippen LogP) is 4.25. The lowest BCUT2D eigenvalue weighted by Gasteiger charge is -2.08. The normalized spacial score (nSPS) is 10.7. The number of hydrogen-bond donors (Lipinski definition) is 1. The van der Waals surface area contributed by atoms with Gasteiger partial charge < -0.3 is 0 Å². The van der Waals surface area contributed by atoms with Gasteiger partial charge in [0, 0.05) is 9.77 Å². The number of H-pyrrole nitrogens is 1. The zero-order chi connectivity index (χ0) is 14.1. The molecule has 0 aliphatic carbocycles. The maximum atomic E-state index is 6.32. The highest BCUT2D eigenvalue weighted by atomic mass is 127. The van der Waals surface area contributed by atoms with Crippen LogP contribution in [0.4, 0.5) is 0 Å². The van der Waals surface area contributed by atoms with Gasteiger partial charge in [0.25, 0.3) is 0 Å². The van der Waals surface area contributed by atoms with Crippen LogP contribution >= 0.6 is 46.4 Å². The van der Waals surface area contributed by atoms with Crippen LogP contribution in [0.3, 0.4) is 0 Å². The Bertz CT molecular complexity index is 813. The van der Waals surface area contributed by atoms with E-state index in [-0.39, 0.29) is 0 Å². The van der Waals surface area contributed by atoms with Crippen molar-refractivity contribution >= 4 is 46.4 Å². The minimum atomic E-state index is 0.480. The molecule has 0 amide bonds. The van der Waals surface area contributed by atoms with E-state index in [0.717, 1.165) is 15.0 Å². The fourth-order valence-electron chi connectivity index (χ4n) is 1.85. The molecule has 0 saturated heterocycles. The molecule has 1 aromatic carbocycles. The van der Waals surface area contributed by atoms with Crippen molar-refractivity contribution in [1.29, 1.82) is 0 Å². The van der Waals surface area contributed by atoms with Gasteiger partial charge in [-0.1, -0.05) is 17.7 Å². The van der Waals surface area contributed by atoms with Gasteiger partial charge in [0.2, 0.25) is 0 Å². The largest absolute Gasteiger partial charge is 0.265 e. The molecule has 0 spiro atoms. The first-order chi connectivity index (χ1) is 9.66. The molecule has 0 bridgehead atoms. The van der Waals surface area contributed by atoms with E-state index in [1.807, 2.05) is 36.4 Å². The van der Waals surface area contributed by atoms with Crippen LogP contribution < -0.4 is 0 Å². The summed E-state index contributed by atoms with van der Waals surface area (Å²) in [4.78, 5) is 4.30. The third-order valence-electron chi connectivity index (χ3n) is 2.72. The molecule has 0 radical (unpaired) electrons. The van der Waals surface area contributed by atoms with Gasteiger partial charge in [-0.25, -0.2) is 0 Å². The number of rotatable bonds is 2. The second-order valence-electron chi connectivity index (χ2n) is 4.00. The van der Waals surface area contributed by atoms with Crippen molar-refractivity contribution in [2.75, 3.05) is 0 Å². The van der Waals surface area contributed by atoms with Crippen LogP contribution in [0.2, 0.25) is 5.02 Å². The van der Waals surface area contributed by atoms with E-state index in [1.54, 1.807) is 10.8 Å². The minimum absolute atomic E-state index is 0.480. The maximum absolute atomic E-state index is 6.32. The van der Waals surface area contributed by atoms with Crippen LogP contribution in [0, 0.1) is 8.34 Å². The molecule has 7 heteroatoms. The molecule has 1 N–H and O–H groups in total. The Labute approximate surface area is 139 Å². The summed E-state index contributed by atoms with van der Waals surface area (Å²) in [5.74, 6) is 0.638. The van der Waals surface area contributed by atoms with Crippen LogP contribution in [0.25, 0.3) is 17.2 Å². The van der Waals surface area contributed by atoms with Crippen LogP contribution in [0.1, 0.15) is 0 Å². The summed E-state index contributed by atoms with van der Waals surface area (Å²) in [5, 5.41) is 7.66. The third-order valence-corrected chi connectivity index (χ3v) is 3.96. The molecule has 0 atom stereocenters. The smallest absolute Gasteiger partial charge is 0.200 e. The molecule has 20 heavy (non-hydrogen) atoms. The number of pyridine rings is 1. The highest BCUT2D eigenvalue weighted by Crippen LogP contribution is 2.26. The monoisotopic (exact) mass is 414 g/mol. The number of halogens is 2. The fourth-order valence-corrected chi connectivity index (χ4v) is 3.02. The molecule has 2 heterocycles. The van der Waals surface area contributed by atoms with Crippen LogP contribution in [-0.4, -0.2) is 19.7 Å². The van der Waals surface area contributed by atoms with E-state index >= 15 is 0 Å². The average Bonchev–Trinajstić information content (AvgIpc) is 2.82. The average molecular weight is 415 g/mol. The Morgan fingerprint density at radius 1 is 1.25 bits per heavy atom. The standard InChI is InChI=1S/C13H8ClIN4S/c14-9-7-8(15)4-5-11(9)19-12(17-18-13(19)20)10-3-1-2-6-16-10/h1-7H,(H,18,20). The Hall–Kier alpha value is -1.25. The lowest BCUT2D eigenvalue weighted by molar-refractivity contribution is 1.03. The number of nitrogens with zero attached hydrogens (tertiary/aromatic N) is 3. The fraction of sp³-hybridized carbons (Fsp3) is 0. The SMILES string of the molecule is S=c1[nH]nc(-c2ccccn2)n1-c1ccc(I)cc1Cl. The van der Waals surface area contributed by atoms with Gasteiger partial charge in [-0.3, -0.25) is 14.6 Å². The van der Waals surface area contributed by atoms with Crippen LogP contribution in [-0.2, 0) is 0 Å². The molecule has 0 fully saturated rings. The minimum Gasteiger partial charge on any atom is -0.265 e. The number of aromatic amines is 1. The van der Waals surface area contributed by atoms with Gasteiger partial charge in [-0.15, -0.1) is 0 Å². The second-order valence-corrected chi connectivity index (χ2v) is 6.04. The van der Waals surface area contributed by atoms with E-state index in [9.17, 15) is 0 Å². The molecule has 0 unspecified atom stereocenters. The lowest BCUT2D eigenvalue weighted by atomic mass is 10.3. The van der Waals surface area contributed by atoms with Crippen LogP contribution in [0.15, 0.2) is 42.6 Å². The Morgan fingerprint density at radius 3 is 2.80 bits per heavy atom. The summed E-state index contributed by atoms with van der Waals surface area (Å²) in [6, 6.07) is 11.4. The van der Waals surface area contributed by atoms with Gasteiger partial charge >= 0.3 is 0 Å². The molecule has 0 aliphatic rings. The molecule has 100 valence electrons. The van der Waals surface area contributed by atoms with Gasteiger partial charge in [-0.2, -0.15) is 5.10 Å². The molecule has 2 aromatic heterocycles. The van der Waals surface area contributed by atoms with Gasteiger partial charge in [-0.05, 0) is 65.1 Å². The van der Waals surface area contributed by atoms with Crippen LogP contribution in [0.5, 0.6) is 0 Å². The molecular formula is C13H8ClIN4S. The number of benzene rings is 1. The first kappa shape index (κ1) is 13.7. The maximum Gasteiger partial charge on any atom is 0.200 e. The van der Waals surface area contributed by atoms with Gasteiger partial charge in [0.05, 0.1) is 10.7 Å². The zero-order valence-electron chi connectivity index (χ0n) is 10.0. The van der Waals surface area contributed by atoms with Crippen molar-refractivity contribution in [3.05, 3.63) is 56.0 Å². The van der Waals surface area contributed by atoms with Crippen molar-refractivity contribution in [2.24, 2.45) is 0 Å². The summed E-state index contributed by atoms with van der Waals surface area (Å²) in [6.45, 7) is 0. The molecule has 3 aromatic rings. The van der Waals surface area contributed by atoms with E-state index in [4.69, 9.17) is 23.8 Å². The summed E-state index contributed by atoms with van der Waals surface area (Å²) in [6.07, 6.45) is 1.72. The lowest BCUT2D eigenvalue weighted by Crippen LogP contribution is -2.00. The Kier molecular flexibility index (Phi) is 3.86. The topological polar surface area (TPSA) is 46.5 Å². The Balaban J connectivity index is 2.25. The van der Waals surface area contributed by atoms with Crippen molar-refractivity contribution in [2.45, 2.75) is 0 Å². The predicted molar refractivity (Wildman–Crippen MR) is 89.7 cm³/mol. The molecule has 4 nitrogen and oxygen atoms in total. The van der Waals surface area contributed by atoms with Crippen molar-refractivity contribution < 1.29 is 0 Å². The van der Waals surface area contributed by atoms with Crippen molar-refractivity contribution in [3.8, 4) is 17.2 Å². The Morgan fingerprint density at radius 2 is 2.10 bits per heavy atom. The van der Waals surface area contributed by atoms with E-state index in [2.05, 4.69) is 37.8 Å². The summed E-state index contributed by atoms with van der Waals surface area (Å²) in [5.41, 5.74) is 1.51. The summed E-state index contributed by atoms with van der Waals surface area (Å²) < 4.78 is 3.33. The molecule has 0 saturated carbocycles. The molecule has 3 rings (SSSR count). The quantitative estimate of drug-likeness (QED) is 0.504. The molecular weight excluding hydrogens is 407 g/mol. The highest BCUT2D eigenvalue weighted by Gasteiger charge is 2.14. The van der Waals surface area contributed by atoms with Gasteiger partial charge in [0.1, 0.15) is 5.69 Å². The second kappa shape index (κ2) is 5.63. The van der Waals surface area contributed by atoms with E-state index in [1.165, 1.54) is 0 Å². The number of nitrogens with one attached hydrogen (secondary N) is 1.